The Hall–Kier alpha value is -4.62. The highest BCUT2D eigenvalue weighted by molar-refractivity contribution is 5.83. The lowest BCUT2D eigenvalue weighted by Gasteiger charge is -2.16. The molecule has 2 aliphatic heterocycles. The lowest BCUT2D eigenvalue weighted by Crippen LogP contribution is -2.28. The largest absolute Gasteiger partial charge is 0.504 e. The molecule has 0 spiro atoms. The molecular weight excluding hydrogens is 586 g/mol. The van der Waals surface area contributed by atoms with Gasteiger partial charge in [0.15, 0.2) is 34.6 Å². The number of carbonyl (C=O) groups excluding carboxylic acids is 2. The SMILES string of the molecule is COc1cc2c(c(F)c1OCCCOc1c(O)cc3c(c1F)CN(C(=O)C[C@H](C)C(=O)O)C3)CN(C(=O)C[C@H](C)C(=O)O)C2. The Bertz CT molecular complexity index is 1480. The molecule has 3 N–H and O–H groups in total. The second-order valence-corrected chi connectivity index (χ2v) is 11.0. The molecule has 2 aromatic carbocycles. The molecule has 0 bridgehead atoms. The molecule has 12 nitrogen and oxygen atoms in total. The number of carbonyl (C=O) groups is 4. The number of fused-ring (bicyclic) bond motifs is 2. The Morgan fingerprint density at radius 1 is 0.795 bits per heavy atom. The van der Waals surface area contributed by atoms with E-state index in [-0.39, 0.29) is 81.3 Å². The summed E-state index contributed by atoms with van der Waals surface area (Å²) in [6, 6.07) is 2.87. The summed E-state index contributed by atoms with van der Waals surface area (Å²) >= 11 is 0. The van der Waals surface area contributed by atoms with Crippen molar-refractivity contribution in [3.8, 4) is 23.0 Å². The van der Waals surface area contributed by atoms with Crippen LogP contribution in [0.1, 0.15) is 55.4 Å². The molecule has 44 heavy (non-hydrogen) atoms. The summed E-state index contributed by atoms with van der Waals surface area (Å²) in [5.74, 6) is -7.31. The van der Waals surface area contributed by atoms with Crippen LogP contribution in [0.3, 0.4) is 0 Å². The van der Waals surface area contributed by atoms with Gasteiger partial charge in [-0.1, -0.05) is 13.8 Å². The topological polar surface area (TPSA) is 163 Å². The fourth-order valence-corrected chi connectivity index (χ4v) is 5.07. The van der Waals surface area contributed by atoms with E-state index < -0.39 is 58.7 Å². The Labute approximate surface area is 251 Å². The van der Waals surface area contributed by atoms with E-state index in [2.05, 4.69) is 0 Å². The monoisotopic (exact) mass is 620 g/mol. The molecule has 0 aliphatic carbocycles. The van der Waals surface area contributed by atoms with Crippen molar-refractivity contribution in [2.45, 2.75) is 59.3 Å². The molecule has 2 atom stereocenters. The molecular formula is C30H34F2N2O10. The quantitative estimate of drug-likeness (QED) is 0.283. The van der Waals surface area contributed by atoms with E-state index in [0.29, 0.717) is 11.1 Å². The van der Waals surface area contributed by atoms with Gasteiger partial charge in [0.05, 0.1) is 32.2 Å². The maximum Gasteiger partial charge on any atom is 0.306 e. The highest BCUT2D eigenvalue weighted by atomic mass is 19.1. The summed E-state index contributed by atoms with van der Waals surface area (Å²) in [5, 5.41) is 28.5. The van der Waals surface area contributed by atoms with Gasteiger partial charge in [-0.2, -0.15) is 0 Å². The predicted molar refractivity (Wildman–Crippen MR) is 148 cm³/mol. The highest BCUT2D eigenvalue weighted by Gasteiger charge is 2.33. The number of hydrogen-bond acceptors (Lipinski definition) is 8. The molecule has 0 saturated heterocycles. The average Bonchev–Trinajstić information content (AvgIpc) is 3.60. The fourth-order valence-electron chi connectivity index (χ4n) is 5.07. The molecule has 0 saturated carbocycles. The molecule has 0 unspecified atom stereocenters. The minimum atomic E-state index is -1.11. The molecule has 14 heteroatoms. The van der Waals surface area contributed by atoms with Gasteiger partial charge in [-0.15, -0.1) is 0 Å². The van der Waals surface area contributed by atoms with Crippen LogP contribution < -0.4 is 14.2 Å². The number of methoxy groups -OCH3 is 1. The number of halogens is 2. The normalized spacial score (nSPS) is 14.9. The smallest absolute Gasteiger partial charge is 0.306 e. The first-order valence-electron chi connectivity index (χ1n) is 14.0. The molecule has 0 fully saturated rings. The molecule has 2 amide bonds. The average molecular weight is 621 g/mol. The fraction of sp³-hybridized carbons (Fsp3) is 0.467. The predicted octanol–water partition coefficient (Wildman–Crippen LogP) is 3.43. The molecule has 2 aliphatic rings. The van der Waals surface area contributed by atoms with Gasteiger partial charge in [-0.05, 0) is 23.3 Å². The highest BCUT2D eigenvalue weighted by Crippen LogP contribution is 2.40. The maximum atomic E-state index is 15.4. The third-order valence-corrected chi connectivity index (χ3v) is 7.71. The van der Waals surface area contributed by atoms with Gasteiger partial charge in [0.25, 0.3) is 0 Å². The van der Waals surface area contributed by atoms with E-state index in [1.807, 2.05) is 0 Å². The minimum absolute atomic E-state index is 0.0284. The van der Waals surface area contributed by atoms with Gasteiger partial charge in [-0.3, -0.25) is 19.2 Å². The van der Waals surface area contributed by atoms with Gasteiger partial charge in [0.2, 0.25) is 11.8 Å². The van der Waals surface area contributed by atoms with Crippen molar-refractivity contribution in [3.05, 3.63) is 46.0 Å². The lowest BCUT2D eigenvalue weighted by atomic mass is 10.1. The van der Waals surface area contributed by atoms with Crippen molar-refractivity contribution in [3.63, 3.8) is 0 Å². The van der Waals surface area contributed by atoms with Gasteiger partial charge >= 0.3 is 11.9 Å². The lowest BCUT2D eigenvalue weighted by molar-refractivity contribution is -0.145. The molecule has 4 rings (SSSR count). The van der Waals surface area contributed by atoms with Crippen LogP contribution in [0.2, 0.25) is 0 Å². The number of rotatable bonds is 13. The number of carboxylic acids is 2. The Kier molecular flexibility index (Phi) is 9.80. The van der Waals surface area contributed by atoms with Crippen LogP contribution in [0.4, 0.5) is 8.78 Å². The van der Waals surface area contributed by atoms with Crippen LogP contribution in [-0.2, 0) is 45.4 Å². The number of amides is 2. The van der Waals surface area contributed by atoms with Crippen LogP contribution >= 0.6 is 0 Å². The number of phenolic OH excluding ortho intramolecular Hbond substituents is 1. The standard InChI is InChI=1S/C30H34F2N2O10/c1-15(29(38)39)7-23(36)33-11-17-9-21(35)27(25(31)19(17)13-33)43-5-4-6-44-28-22(42-3)10-18-12-34(14-20(18)26(28)32)24(37)8-16(2)30(40)41/h9-10,15-16,35H,4-8,11-14H2,1-3H3,(H,38,39)(H,40,41)/t15-,16-/m0/s1. The third-order valence-electron chi connectivity index (χ3n) is 7.71. The van der Waals surface area contributed by atoms with Gasteiger partial charge in [-0.25, -0.2) is 8.78 Å². The molecule has 2 aromatic rings. The Morgan fingerprint density at radius 2 is 1.25 bits per heavy atom. The first-order chi connectivity index (χ1) is 20.8. The molecule has 0 aromatic heterocycles. The summed E-state index contributed by atoms with van der Waals surface area (Å²) in [7, 11) is 1.34. The molecule has 2 heterocycles. The summed E-state index contributed by atoms with van der Waals surface area (Å²) in [6.07, 6.45) is -0.294. The number of phenols is 1. The number of nitrogens with zero attached hydrogens (tertiary/aromatic N) is 2. The van der Waals surface area contributed by atoms with Gasteiger partial charge in [0, 0.05) is 56.6 Å². The van der Waals surface area contributed by atoms with Crippen LogP contribution in [0.15, 0.2) is 12.1 Å². The van der Waals surface area contributed by atoms with Crippen LogP contribution in [0.25, 0.3) is 0 Å². The van der Waals surface area contributed by atoms with Crippen molar-refractivity contribution < 1.29 is 57.5 Å². The van der Waals surface area contributed by atoms with E-state index in [1.165, 1.54) is 36.8 Å². The first-order valence-corrected chi connectivity index (χ1v) is 14.0. The molecule has 0 radical (unpaired) electrons. The summed E-state index contributed by atoms with van der Waals surface area (Å²) < 4.78 is 47.1. The van der Waals surface area contributed by atoms with E-state index in [0.717, 1.165) is 0 Å². The minimum Gasteiger partial charge on any atom is -0.504 e. The zero-order chi connectivity index (χ0) is 32.3. The van der Waals surface area contributed by atoms with Crippen molar-refractivity contribution in [1.82, 2.24) is 9.80 Å². The summed E-state index contributed by atoms with van der Waals surface area (Å²) in [5.41, 5.74) is 1.32. The Morgan fingerprint density at radius 3 is 1.73 bits per heavy atom. The van der Waals surface area contributed by atoms with Crippen molar-refractivity contribution in [2.75, 3.05) is 20.3 Å². The van der Waals surface area contributed by atoms with Crippen LogP contribution in [0, 0.1) is 23.5 Å². The van der Waals surface area contributed by atoms with Gasteiger partial charge in [0.1, 0.15) is 0 Å². The van der Waals surface area contributed by atoms with Crippen LogP contribution in [-0.4, -0.2) is 69.2 Å². The van der Waals surface area contributed by atoms with Gasteiger partial charge < -0.3 is 39.3 Å². The van der Waals surface area contributed by atoms with Crippen molar-refractivity contribution >= 4 is 23.8 Å². The van der Waals surface area contributed by atoms with Crippen LogP contribution in [0.5, 0.6) is 23.0 Å². The summed E-state index contributed by atoms with van der Waals surface area (Å²) in [6.45, 7) is 2.64. The zero-order valence-corrected chi connectivity index (χ0v) is 24.5. The number of benzene rings is 2. The number of carboxylic acid groups (broad SMARTS) is 2. The number of aromatic hydroxyl groups is 1. The summed E-state index contributed by atoms with van der Waals surface area (Å²) in [4.78, 5) is 49.9. The van der Waals surface area contributed by atoms with E-state index in [4.69, 9.17) is 24.4 Å². The molecule has 238 valence electrons. The zero-order valence-electron chi connectivity index (χ0n) is 24.5. The maximum absolute atomic E-state index is 15.4. The van der Waals surface area contributed by atoms with E-state index >= 15 is 8.78 Å². The number of aliphatic carboxylic acids is 2. The first kappa shape index (κ1) is 32.3. The third kappa shape index (κ3) is 6.79. The second-order valence-electron chi connectivity index (χ2n) is 11.0. The van der Waals surface area contributed by atoms with Crippen molar-refractivity contribution in [2.24, 2.45) is 11.8 Å². The van der Waals surface area contributed by atoms with Crippen molar-refractivity contribution in [1.29, 1.82) is 0 Å². The number of ether oxygens (including phenoxy) is 3. The Balaban J connectivity index is 1.34. The second kappa shape index (κ2) is 13.3. The van der Waals surface area contributed by atoms with E-state index in [1.54, 1.807) is 6.07 Å². The van der Waals surface area contributed by atoms with E-state index in [9.17, 15) is 24.3 Å². The number of hydrogen-bond donors (Lipinski definition) is 3.